The average molecular weight is 227 g/mol. The van der Waals surface area contributed by atoms with Gasteiger partial charge in [-0.3, -0.25) is 9.69 Å². The van der Waals surface area contributed by atoms with Crippen molar-refractivity contribution in [2.45, 2.75) is 32.5 Å². The van der Waals surface area contributed by atoms with Crippen LogP contribution in [0, 0.1) is 0 Å². The van der Waals surface area contributed by atoms with E-state index in [2.05, 4.69) is 4.74 Å². The molecular formula is C9H16F3NO2. The molecule has 0 fully saturated rings. The summed E-state index contributed by atoms with van der Waals surface area (Å²) in [5, 5.41) is 0. The van der Waals surface area contributed by atoms with E-state index < -0.39 is 18.7 Å². The van der Waals surface area contributed by atoms with Gasteiger partial charge < -0.3 is 4.74 Å². The summed E-state index contributed by atoms with van der Waals surface area (Å²) < 4.78 is 40.7. The molecule has 0 saturated heterocycles. The van der Waals surface area contributed by atoms with Crippen LogP contribution in [0.5, 0.6) is 0 Å². The van der Waals surface area contributed by atoms with Crippen LogP contribution in [0.25, 0.3) is 0 Å². The molecular weight excluding hydrogens is 211 g/mol. The predicted octanol–water partition coefficient (Wildman–Crippen LogP) is 1.82. The van der Waals surface area contributed by atoms with Crippen LogP contribution in [0.4, 0.5) is 13.2 Å². The van der Waals surface area contributed by atoms with E-state index in [1.807, 2.05) is 0 Å². The highest BCUT2D eigenvalue weighted by Gasteiger charge is 2.31. The van der Waals surface area contributed by atoms with Crippen LogP contribution < -0.4 is 0 Å². The highest BCUT2D eigenvalue weighted by Crippen LogP contribution is 2.18. The van der Waals surface area contributed by atoms with Gasteiger partial charge in [0.25, 0.3) is 0 Å². The molecule has 0 saturated carbocycles. The number of methoxy groups -OCH3 is 1. The molecule has 0 aliphatic heterocycles. The van der Waals surface area contributed by atoms with E-state index in [0.717, 1.165) is 0 Å². The first kappa shape index (κ1) is 14.2. The molecule has 0 radical (unpaired) electrons. The summed E-state index contributed by atoms with van der Waals surface area (Å²) in [6.07, 6.45) is -4.26. The lowest BCUT2D eigenvalue weighted by Gasteiger charge is -2.26. The molecule has 90 valence electrons. The number of hydrogen-bond acceptors (Lipinski definition) is 3. The second-order valence-electron chi connectivity index (χ2n) is 3.51. The van der Waals surface area contributed by atoms with Crippen LogP contribution in [0.15, 0.2) is 0 Å². The number of esters is 1. The number of halogens is 3. The van der Waals surface area contributed by atoms with Crippen molar-refractivity contribution in [2.75, 3.05) is 20.2 Å². The van der Waals surface area contributed by atoms with Crippen molar-refractivity contribution in [1.82, 2.24) is 4.90 Å². The summed E-state index contributed by atoms with van der Waals surface area (Å²) in [5.41, 5.74) is 0. The molecule has 6 heteroatoms. The zero-order chi connectivity index (χ0) is 12.1. The Morgan fingerprint density at radius 3 is 2.27 bits per heavy atom. The number of alkyl halides is 3. The Morgan fingerprint density at radius 1 is 1.40 bits per heavy atom. The van der Waals surface area contributed by atoms with Crippen molar-refractivity contribution in [3.8, 4) is 0 Å². The van der Waals surface area contributed by atoms with Gasteiger partial charge in [-0.05, 0) is 13.8 Å². The van der Waals surface area contributed by atoms with E-state index in [1.165, 1.54) is 12.0 Å². The largest absolute Gasteiger partial charge is 0.469 e. The van der Waals surface area contributed by atoms with Gasteiger partial charge in [-0.15, -0.1) is 0 Å². The third-order valence-electron chi connectivity index (χ3n) is 1.94. The Hall–Kier alpha value is -0.780. The summed E-state index contributed by atoms with van der Waals surface area (Å²) in [6.45, 7) is 2.37. The van der Waals surface area contributed by atoms with E-state index in [4.69, 9.17) is 0 Å². The van der Waals surface area contributed by atoms with Gasteiger partial charge in [0, 0.05) is 12.6 Å². The lowest BCUT2D eigenvalue weighted by molar-refractivity contribution is -0.153. The monoisotopic (exact) mass is 227 g/mol. The zero-order valence-corrected chi connectivity index (χ0v) is 9.10. The maximum Gasteiger partial charge on any atom is 0.401 e. The Morgan fingerprint density at radius 2 is 1.93 bits per heavy atom. The molecule has 0 atom stereocenters. The van der Waals surface area contributed by atoms with Crippen LogP contribution in [0.2, 0.25) is 0 Å². The normalized spacial score (nSPS) is 12.3. The lowest BCUT2D eigenvalue weighted by atomic mass is 10.3. The molecule has 0 aliphatic rings. The molecule has 0 aromatic rings. The van der Waals surface area contributed by atoms with Gasteiger partial charge in [-0.25, -0.2) is 0 Å². The summed E-state index contributed by atoms with van der Waals surface area (Å²) in [6, 6.07) is -0.253. The van der Waals surface area contributed by atoms with Crippen LogP contribution in [0.3, 0.4) is 0 Å². The van der Waals surface area contributed by atoms with Crippen LogP contribution in [-0.4, -0.2) is 43.3 Å². The van der Waals surface area contributed by atoms with Gasteiger partial charge in [0.2, 0.25) is 0 Å². The number of hydrogen-bond donors (Lipinski definition) is 0. The first-order valence-electron chi connectivity index (χ1n) is 4.64. The van der Waals surface area contributed by atoms with Gasteiger partial charge in [0.05, 0.1) is 20.1 Å². The van der Waals surface area contributed by atoms with Gasteiger partial charge in [0.1, 0.15) is 0 Å². The standard InChI is InChI=1S/C9H16F3NO2/c1-7(2)13(6-9(10,11)12)5-4-8(14)15-3/h7H,4-6H2,1-3H3. The third kappa shape index (κ3) is 7.18. The fourth-order valence-corrected chi connectivity index (χ4v) is 1.09. The van der Waals surface area contributed by atoms with Gasteiger partial charge in [-0.2, -0.15) is 13.2 Å². The molecule has 0 heterocycles. The zero-order valence-electron chi connectivity index (χ0n) is 9.10. The van der Waals surface area contributed by atoms with Crippen molar-refractivity contribution in [2.24, 2.45) is 0 Å². The smallest absolute Gasteiger partial charge is 0.401 e. The minimum atomic E-state index is -4.24. The molecule has 0 aromatic carbocycles. The minimum absolute atomic E-state index is 0.0231. The number of nitrogens with zero attached hydrogens (tertiary/aromatic N) is 1. The van der Waals surface area contributed by atoms with Crippen molar-refractivity contribution >= 4 is 5.97 Å². The molecule has 0 rings (SSSR count). The van der Waals surface area contributed by atoms with Crippen LogP contribution in [0.1, 0.15) is 20.3 Å². The van der Waals surface area contributed by atoms with Crippen LogP contribution in [-0.2, 0) is 9.53 Å². The fourth-order valence-electron chi connectivity index (χ4n) is 1.09. The SMILES string of the molecule is COC(=O)CCN(CC(F)(F)F)C(C)C. The number of carbonyl (C=O) groups is 1. The molecule has 0 aromatic heterocycles. The summed E-state index contributed by atoms with van der Waals surface area (Å²) in [7, 11) is 1.21. The Labute approximate surface area is 87.2 Å². The predicted molar refractivity (Wildman–Crippen MR) is 49.4 cm³/mol. The Balaban J connectivity index is 4.12. The number of ether oxygens (including phenoxy) is 1. The summed E-state index contributed by atoms with van der Waals surface area (Å²) in [4.78, 5) is 12.0. The first-order chi connectivity index (χ1) is 6.76. The van der Waals surface area contributed by atoms with Crippen molar-refractivity contribution < 1.29 is 22.7 Å². The van der Waals surface area contributed by atoms with Crippen molar-refractivity contribution in [3.05, 3.63) is 0 Å². The van der Waals surface area contributed by atoms with Crippen molar-refractivity contribution in [3.63, 3.8) is 0 Å². The molecule has 0 unspecified atom stereocenters. The fraction of sp³-hybridized carbons (Fsp3) is 0.889. The second-order valence-corrected chi connectivity index (χ2v) is 3.51. The van der Waals surface area contributed by atoms with Gasteiger partial charge >= 0.3 is 12.1 Å². The third-order valence-corrected chi connectivity index (χ3v) is 1.94. The maximum atomic E-state index is 12.1. The van der Waals surface area contributed by atoms with E-state index >= 15 is 0 Å². The molecule has 0 amide bonds. The molecule has 3 nitrogen and oxygen atoms in total. The van der Waals surface area contributed by atoms with E-state index in [-0.39, 0.29) is 19.0 Å². The molecule has 0 aliphatic carbocycles. The summed E-state index contributed by atoms with van der Waals surface area (Å²) in [5.74, 6) is -0.497. The van der Waals surface area contributed by atoms with Crippen molar-refractivity contribution in [1.29, 1.82) is 0 Å². The summed E-state index contributed by atoms with van der Waals surface area (Å²) >= 11 is 0. The highest BCUT2D eigenvalue weighted by atomic mass is 19.4. The van der Waals surface area contributed by atoms with Gasteiger partial charge in [-0.1, -0.05) is 0 Å². The molecule has 0 spiro atoms. The van der Waals surface area contributed by atoms with E-state index in [9.17, 15) is 18.0 Å². The number of rotatable bonds is 5. The van der Waals surface area contributed by atoms with E-state index in [1.54, 1.807) is 13.8 Å². The lowest BCUT2D eigenvalue weighted by Crippen LogP contribution is -2.40. The topological polar surface area (TPSA) is 29.5 Å². The maximum absolute atomic E-state index is 12.1. The van der Waals surface area contributed by atoms with Crippen LogP contribution >= 0.6 is 0 Å². The second kappa shape index (κ2) is 5.95. The van der Waals surface area contributed by atoms with E-state index in [0.29, 0.717) is 0 Å². The average Bonchev–Trinajstić information content (AvgIpc) is 2.09. The highest BCUT2D eigenvalue weighted by molar-refractivity contribution is 5.69. The number of carbonyl (C=O) groups excluding carboxylic acids is 1. The quantitative estimate of drug-likeness (QED) is 0.671. The van der Waals surface area contributed by atoms with Gasteiger partial charge in [0.15, 0.2) is 0 Å². The molecule has 0 N–H and O–H groups in total. The molecule has 15 heavy (non-hydrogen) atoms. The Kier molecular flexibility index (Phi) is 5.64. The first-order valence-corrected chi connectivity index (χ1v) is 4.64. The minimum Gasteiger partial charge on any atom is -0.469 e. The molecule has 0 bridgehead atoms. The Bertz CT molecular complexity index is 204.